The molecule has 1 N–H and O–H groups in total. The number of ether oxygens (including phenoxy) is 3. The summed E-state index contributed by atoms with van der Waals surface area (Å²) in [6, 6.07) is 7.84. The topological polar surface area (TPSA) is 88.5 Å². The number of aliphatic hydroxyl groups is 1. The standard InChI is InChI=1S/C24H30N2O6/c1-5-22-17-16(28)12-26-11-10-23(18(22)26)14-8-6-7-9-15(14)25(3)19(23)24(32-17,21(29)30-4)20(22)31-13(2)27/h6-9,16-20,28H,5,10-12H2,1-4H3/t16-,17-,18+,19+,20+,22-,23+,24+/m0/s1. The first-order valence-corrected chi connectivity index (χ1v) is 11.5. The average molecular weight is 443 g/mol. The molecule has 1 saturated carbocycles. The van der Waals surface area contributed by atoms with Crippen LogP contribution in [0.1, 0.15) is 32.3 Å². The van der Waals surface area contributed by atoms with Crippen LogP contribution in [-0.4, -0.2) is 85.2 Å². The lowest BCUT2D eigenvalue weighted by Gasteiger charge is -2.61. The van der Waals surface area contributed by atoms with Crippen molar-refractivity contribution < 1.29 is 28.9 Å². The van der Waals surface area contributed by atoms with E-state index in [1.807, 2.05) is 26.1 Å². The van der Waals surface area contributed by atoms with Gasteiger partial charge in [-0.3, -0.25) is 9.69 Å². The van der Waals surface area contributed by atoms with Crippen LogP contribution >= 0.6 is 0 Å². The fraction of sp³-hybridized carbons (Fsp3) is 0.667. The summed E-state index contributed by atoms with van der Waals surface area (Å²) in [5.74, 6) is -1.00. The molecule has 8 nitrogen and oxygen atoms in total. The number of nitrogens with zero attached hydrogens (tertiary/aromatic N) is 2. The maximum Gasteiger partial charge on any atom is 0.344 e. The van der Waals surface area contributed by atoms with E-state index in [2.05, 4.69) is 21.9 Å². The van der Waals surface area contributed by atoms with Crippen molar-refractivity contribution in [3.63, 3.8) is 0 Å². The minimum atomic E-state index is -1.54. The molecule has 0 aromatic heterocycles. The van der Waals surface area contributed by atoms with Gasteiger partial charge in [0.2, 0.25) is 5.60 Å². The van der Waals surface area contributed by atoms with Gasteiger partial charge in [0.1, 0.15) is 0 Å². The lowest BCUT2D eigenvalue weighted by molar-refractivity contribution is -0.199. The van der Waals surface area contributed by atoms with Crippen LogP contribution < -0.4 is 4.90 Å². The Morgan fingerprint density at radius 2 is 2.03 bits per heavy atom. The molecule has 8 atom stereocenters. The van der Waals surface area contributed by atoms with Crippen molar-refractivity contribution >= 4 is 17.6 Å². The summed E-state index contributed by atoms with van der Waals surface area (Å²) in [4.78, 5) is 30.6. The third-order valence-electron chi connectivity index (χ3n) is 9.14. The number of methoxy groups -OCH3 is 1. The highest BCUT2D eigenvalue weighted by molar-refractivity contribution is 5.87. The predicted molar refractivity (Wildman–Crippen MR) is 114 cm³/mol. The van der Waals surface area contributed by atoms with Gasteiger partial charge in [-0.2, -0.15) is 0 Å². The van der Waals surface area contributed by atoms with Crippen molar-refractivity contribution in [3.05, 3.63) is 29.8 Å². The van der Waals surface area contributed by atoms with Crippen LogP contribution in [-0.2, 0) is 29.2 Å². The summed E-state index contributed by atoms with van der Waals surface area (Å²) in [5.41, 5.74) is -0.404. The number of carbonyl (C=O) groups is 2. The minimum absolute atomic E-state index is 0.0332. The fourth-order valence-corrected chi connectivity index (χ4v) is 8.56. The van der Waals surface area contributed by atoms with Gasteiger partial charge in [-0.05, 0) is 31.0 Å². The number of anilines is 1. The molecule has 4 fully saturated rings. The number of rotatable bonds is 3. The Morgan fingerprint density at radius 1 is 1.28 bits per heavy atom. The second-order valence-electron chi connectivity index (χ2n) is 10.1. The zero-order chi connectivity index (χ0) is 22.6. The minimum Gasteiger partial charge on any atom is -0.467 e. The van der Waals surface area contributed by atoms with Gasteiger partial charge < -0.3 is 24.2 Å². The van der Waals surface area contributed by atoms with Crippen LogP contribution in [0.15, 0.2) is 24.3 Å². The van der Waals surface area contributed by atoms with Crippen molar-refractivity contribution in [2.75, 3.05) is 32.1 Å². The number of aliphatic hydroxyl groups excluding tert-OH is 1. The van der Waals surface area contributed by atoms with E-state index in [-0.39, 0.29) is 6.04 Å². The van der Waals surface area contributed by atoms with Gasteiger partial charge in [-0.1, -0.05) is 25.1 Å². The molecule has 32 heavy (non-hydrogen) atoms. The van der Waals surface area contributed by atoms with Crippen molar-refractivity contribution in [2.24, 2.45) is 5.41 Å². The normalized spacial score (nSPS) is 45.4. The van der Waals surface area contributed by atoms with Crippen LogP contribution in [0.3, 0.4) is 0 Å². The zero-order valence-corrected chi connectivity index (χ0v) is 18.9. The molecular weight excluding hydrogens is 412 g/mol. The van der Waals surface area contributed by atoms with Crippen molar-refractivity contribution in [1.29, 1.82) is 0 Å². The molecule has 6 rings (SSSR count). The molecule has 8 heteroatoms. The van der Waals surface area contributed by atoms with E-state index in [4.69, 9.17) is 14.2 Å². The van der Waals surface area contributed by atoms with Crippen LogP contribution in [0.4, 0.5) is 5.69 Å². The molecule has 172 valence electrons. The lowest BCUT2D eigenvalue weighted by atomic mass is 9.47. The van der Waals surface area contributed by atoms with Gasteiger partial charge in [0.05, 0.1) is 30.8 Å². The highest BCUT2D eigenvalue weighted by Gasteiger charge is 2.88. The summed E-state index contributed by atoms with van der Waals surface area (Å²) < 4.78 is 18.1. The highest BCUT2D eigenvalue weighted by Crippen LogP contribution is 2.72. The zero-order valence-electron chi connectivity index (χ0n) is 18.9. The first kappa shape index (κ1) is 20.4. The lowest BCUT2D eigenvalue weighted by Crippen LogP contribution is -2.79. The number of carbonyl (C=O) groups excluding carboxylic acids is 2. The molecule has 4 aliphatic heterocycles. The Balaban J connectivity index is 1.72. The van der Waals surface area contributed by atoms with E-state index < -0.39 is 52.7 Å². The largest absolute Gasteiger partial charge is 0.467 e. The number of hydrogen-bond donors (Lipinski definition) is 1. The molecule has 1 spiro atoms. The van der Waals surface area contributed by atoms with E-state index in [0.29, 0.717) is 13.0 Å². The number of piperidine rings is 1. The van der Waals surface area contributed by atoms with Gasteiger partial charge in [0, 0.05) is 37.7 Å². The number of hydrogen-bond acceptors (Lipinski definition) is 8. The Kier molecular flexibility index (Phi) is 3.99. The van der Waals surface area contributed by atoms with Gasteiger partial charge in [0.25, 0.3) is 0 Å². The molecular formula is C24H30N2O6. The summed E-state index contributed by atoms with van der Waals surface area (Å²) in [5, 5.41) is 11.2. The molecule has 0 unspecified atom stereocenters. The molecule has 1 aromatic rings. The first-order valence-electron chi connectivity index (χ1n) is 11.5. The van der Waals surface area contributed by atoms with E-state index in [1.54, 1.807) is 0 Å². The third kappa shape index (κ3) is 1.90. The molecule has 1 aliphatic carbocycles. The SMILES string of the molecule is CC[C@]12[C@H]3O[C@](C(=O)OC)([C@@H]4N(C)c5ccccc5[C@@]45CCN(C[C@@H]3O)[C@@H]51)[C@@H]2OC(C)=O. The van der Waals surface area contributed by atoms with E-state index in [1.165, 1.54) is 19.6 Å². The quantitative estimate of drug-likeness (QED) is 0.690. The highest BCUT2D eigenvalue weighted by atomic mass is 16.6. The summed E-state index contributed by atoms with van der Waals surface area (Å²) in [6.07, 6.45) is -0.832. The first-order chi connectivity index (χ1) is 15.3. The van der Waals surface area contributed by atoms with E-state index >= 15 is 0 Å². The maximum atomic E-state index is 13.7. The van der Waals surface area contributed by atoms with Crippen LogP contribution in [0.25, 0.3) is 0 Å². The number of benzene rings is 1. The van der Waals surface area contributed by atoms with Crippen LogP contribution in [0.2, 0.25) is 0 Å². The van der Waals surface area contributed by atoms with Crippen molar-refractivity contribution in [3.8, 4) is 0 Å². The average Bonchev–Trinajstić information content (AvgIpc) is 3.36. The van der Waals surface area contributed by atoms with E-state index in [9.17, 15) is 14.7 Å². The molecule has 3 saturated heterocycles. The number of fused-ring (bicyclic) bond motifs is 3. The number of likely N-dealkylation sites (N-methyl/N-ethyl adjacent to an activating group) is 1. The van der Waals surface area contributed by atoms with Gasteiger partial charge in [-0.15, -0.1) is 0 Å². The Hall–Kier alpha value is -2.16. The van der Waals surface area contributed by atoms with Gasteiger partial charge in [-0.25, -0.2) is 4.79 Å². The molecule has 0 radical (unpaired) electrons. The summed E-state index contributed by atoms with van der Waals surface area (Å²) in [7, 11) is 3.33. The Bertz CT molecular complexity index is 1020. The Labute approximate surface area is 187 Å². The molecule has 5 aliphatic rings. The molecule has 1 aromatic carbocycles. The molecule has 0 amide bonds. The smallest absolute Gasteiger partial charge is 0.344 e. The predicted octanol–water partition coefficient (Wildman–Crippen LogP) is 0.844. The number of para-hydroxylation sites is 1. The van der Waals surface area contributed by atoms with Crippen molar-refractivity contribution in [2.45, 2.75) is 68.1 Å². The maximum absolute atomic E-state index is 13.7. The molecule has 2 bridgehead atoms. The second-order valence-corrected chi connectivity index (χ2v) is 10.1. The monoisotopic (exact) mass is 442 g/mol. The number of esters is 2. The second kappa shape index (κ2) is 6.24. The van der Waals surface area contributed by atoms with Crippen LogP contribution in [0, 0.1) is 5.41 Å². The van der Waals surface area contributed by atoms with Gasteiger partial charge >= 0.3 is 11.9 Å². The van der Waals surface area contributed by atoms with Crippen molar-refractivity contribution in [1.82, 2.24) is 4.90 Å². The molecule has 4 heterocycles. The Morgan fingerprint density at radius 3 is 2.72 bits per heavy atom. The summed E-state index contributed by atoms with van der Waals surface area (Å²) >= 11 is 0. The summed E-state index contributed by atoms with van der Waals surface area (Å²) in [6.45, 7) is 4.69. The van der Waals surface area contributed by atoms with Gasteiger partial charge in [0.15, 0.2) is 6.10 Å². The fourth-order valence-electron chi connectivity index (χ4n) is 8.56. The third-order valence-corrected chi connectivity index (χ3v) is 9.14. The van der Waals surface area contributed by atoms with Crippen LogP contribution in [0.5, 0.6) is 0 Å². The van der Waals surface area contributed by atoms with E-state index in [0.717, 1.165) is 18.7 Å².